The van der Waals surface area contributed by atoms with E-state index in [1.165, 1.54) is 0 Å². The van der Waals surface area contributed by atoms with Crippen LogP contribution in [0.25, 0.3) is 0 Å². The monoisotopic (exact) mass is 269 g/mol. The van der Waals surface area contributed by atoms with Crippen molar-refractivity contribution in [3.8, 4) is 0 Å². The van der Waals surface area contributed by atoms with E-state index in [4.69, 9.17) is 22.5 Å². The van der Waals surface area contributed by atoms with Crippen molar-refractivity contribution in [2.75, 3.05) is 5.32 Å². The van der Waals surface area contributed by atoms with Crippen molar-refractivity contribution in [1.29, 1.82) is 0 Å². The van der Waals surface area contributed by atoms with E-state index in [2.05, 4.69) is 10.5 Å². The molecule has 1 atom stereocenters. The third-order valence-corrected chi connectivity index (χ3v) is 3.13. The molecule has 0 aliphatic heterocycles. The highest BCUT2D eigenvalue weighted by molar-refractivity contribution is 6.31. The van der Waals surface area contributed by atoms with Crippen molar-refractivity contribution in [2.45, 2.75) is 20.3 Å². The van der Waals surface area contributed by atoms with Crippen molar-refractivity contribution in [1.82, 2.24) is 0 Å². The number of nitrogens with zero attached hydrogens (tertiary/aromatic N) is 1. The van der Waals surface area contributed by atoms with Gasteiger partial charge in [0.05, 0.1) is 5.92 Å². The molecule has 0 bridgehead atoms. The maximum Gasteiger partial charge on any atom is 0.235 e. The number of halogens is 1. The molecule has 1 aromatic rings. The number of hydrogen-bond donors (Lipinski definition) is 3. The second kappa shape index (κ2) is 6.26. The van der Waals surface area contributed by atoms with E-state index in [1.54, 1.807) is 25.1 Å². The quantitative estimate of drug-likeness (QED) is 0.339. The highest BCUT2D eigenvalue weighted by atomic mass is 35.5. The Bertz CT molecular complexity index is 474. The molecule has 0 fully saturated rings. The van der Waals surface area contributed by atoms with E-state index in [0.29, 0.717) is 17.1 Å². The minimum Gasteiger partial charge on any atom is -0.409 e. The average Bonchev–Trinajstić information content (AvgIpc) is 2.35. The van der Waals surface area contributed by atoms with E-state index < -0.39 is 5.92 Å². The summed E-state index contributed by atoms with van der Waals surface area (Å²) in [6.07, 6.45) is 0.446. The minimum absolute atomic E-state index is 0.102. The molecular formula is C12H16ClN3O2. The van der Waals surface area contributed by atoms with Crippen LogP contribution >= 0.6 is 11.6 Å². The second-order valence-corrected chi connectivity index (χ2v) is 4.29. The first-order chi connectivity index (χ1) is 8.51. The lowest BCUT2D eigenvalue weighted by atomic mass is 10.0. The number of amidine groups is 1. The number of oxime groups is 1. The Kier molecular flexibility index (Phi) is 4.97. The number of anilines is 1. The van der Waals surface area contributed by atoms with Gasteiger partial charge in [0.2, 0.25) is 5.91 Å². The lowest BCUT2D eigenvalue weighted by Crippen LogP contribution is -2.34. The summed E-state index contributed by atoms with van der Waals surface area (Å²) < 4.78 is 0. The fourth-order valence-corrected chi connectivity index (χ4v) is 1.74. The number of amides is 1. The topological polar surface area (TPSA) is 87.7 Å². The van der Waals surface area contributed by atoms with Gasteiger partial charge < -0.3 is 16.3 Å². The van der Waals surface area contributed by atoms with E-state index in [0.717, 1.165) is 5.56 Å². The zero-order chi connectivity index (χ0) is 13.7. The molecule has 0 radical (unpaired) electrons. The van der Waals surface area contributed by atoms with Crippen molar-refractivity contribution >= 4 is 29.0 Å². The number of benzene rings is 1. The first kappa shape index (κ1) is 14.3. The van der Waals surface area contributed by atoms with Gasteiger partial charge in [0, 0.05) is 10.7 Å². The number of carbonyl (C=O) groups is 1. The molecule has 1 rings (SSSR count). The standard InChI is InChI=1S/C12H16ClN3O2/c1-3-8(11(14)16-18)12(17)15-10-6-4-5-9(13)7(10)2/h4-6,8,18H,3H2,1-2H3,(H2,14,16)(H,15,17). The highest BCUT2D eigenvalue weighted by Gasteiger charge is 2.21. The molecule has 1 unspecified atom stereocenters. The van der Waals surface area contributed by atoms with Crippen LogP contribution in [0.15, 0.2) is 23.4 Å². The number of nitrogens with one attached hydrogen (secondary N) is 1. The molecule has 0 aliphatic rings. The summed E-state index contributed by atoms with van der Waals surface area (Å²) in [5.41, 5.74) is 6.86. The summed E-state index contributed by atoms with van der Waals surface area (Å²) in [7, 11) is 0. The molecule has 0 saturated carbocycles. The lowest BCUT2D eigenvalue weighted by molar-refractivity contribution is -0.118. The van der Waals surface area contributed by atoms with Crippen molar-refractivity contribution in [2.24, 2.45) is 16.8 Å². The van der Waals surface area contributed by atoms with Crippen LogP contribution in [0.1, 0.15) is 18.9 Å². The van der Waals surface area contributed by atoms with E-state index in [1.807, 2.05) is 6.92 Å². The normalized spacial score (nSPS) is 13.2. The molecule has 1 amide bonds. The fourth-order valence-electron chi connectivity index (χ4n) is 1.56. The van der Waals surface area contributed by atoms with E-state index >= 15 is 0 Å². The molecular weight excluding hydrogens is 254 g/mol. The summed E-state index contributed by atoms with van der Waals surface area (Å²) >= 11 is 5.96. The van der Waals surface area contributed by atoms with Gasteiger partial charge >= 0.3 is 0 Å². The Morgan fingerprint density at radius 3 is 2.83 bits per heavy atom. The van der Waals surface area contributed by atoms with Crippen molar-refractivity contribution < 1.29 is 10.0 Å². The van der Waals surface area contributed by atoms with Crippen LogP contribution in [-0.4, -0.2) is 17.0 Å². The molecule has 98 valence electrons. The summed E-state index contributed by atoms with van der Waals surface area (Å²) in [5.74, 6) is -1.08. The molecule has 1 aromatic carbocycles. The second-order valence-electron chi connectivity index (χ2n) is 3.89. The van der Waals surface area contributed by atoms with Crippen LogP contribution in [-0.2, 0) is 4.79 Å². The van der Waals surface area contributed by atoms with Crippen molar-refractivity contribution in [3.63, 3.8) is 0 Å². The maximum atomic E-state index is 12.0. The molecule has 0 aliphatic carbocycles. The largest absolute Gasteiger partial charge is 0.409 e. The van der Waals surface area contributed by atoms with Gasteiger partial charge in [-0.2, -0.15) is 0 Å². The number of rotatable bonds is 4. The first-order valence-corrected chi connectivity index (χ1v) is 5.92. The van der Waals surface area contributed by atoms with Crippen LogP contribution in [0.3, 0.4) is 0 Å². The van der Waals surface area contributed by atoms with Gasteiger partial charge in [0.1, 0.15) is 0 Å². The SMILES string of the molecule is CCC(C(=O)Nc1cccc(Cl)c1C)C(N)=NO. The Hall–Kier alpha value is -1.75. The number of nitrogens with two attached hydrogens (primary N) is 1. The third-order valence-electron chi connectivity index (χ3n) is 2.72. The summed E-state index contributed by atoms with van der Waals surface area (Å²) in [6.45, 7) is 3.59. The lowest BCUT2D eigenvalue weighted by Gasteiger charge is -2.15. The molecule has 5 nitrogen and oxygen atoms in total. The zero-order valence-corrected chi connectivity index (χ0v) is 11.0. The van der Waals surface area contributed by atoms with Crippen LogP contribution < -0.4 is 11.1 Å². The van der Waals surface area contributed by atoms with Crippen LogP contribution in [0.4, 0.5) is 5.69 Å². The Morgan fingerprint density at radius 2 is 2.28 bits per heavy atom. The number of hydrogen-bond acceptors (Lipinski definition) is 3. The fraction of sp³-hybridized carbons (Fsp3) is 0.333. The zero-order valence-electron chi connectivity index (χ0n) is 10.3. The van der Waals surface area contributed by atoms with E-state index in [-0.39, 0.29) is 11.7 Å². The maximum absolute atomic E-state index is 12.0. The van der Waals surface area contributed by atoms with Gasteiger partial charge in [0.15, 0.2) is 5.84 Å². The Labute approximate surface area is 111 Å². The minimum atomic E-state index is -0.659. The van der Waals surface area contributed by atoms with Gasteiger partial charge in [-0.15, -0.1) is 0 Å². The predicted octanol–water partition coefficient (Wildman–Crippen LogP) is 2.36. The molecule has 18 heavy (non-hydrogen) atoms. The van der Waals surface area contributed by atoms with Gasteiger partial charge in [-0.25, -0.2) is 0 Å². The van der Waals surface area contributed by atoms with Crippen LogP contribution in [0.5, 0.6) is 0 Å². The highest BCUT2D eigenvalue weighted by Crippen LogP contribution is 2.23. The van der Waals surface area contributed by atoms with Gasteiger partial charge in [-0.05, 0) is 31.0 Å². The summed E-state index contributed by atoms with van der Waals surface area (Å²) in [6, 6.07) is 5.24. The molecule has 0 spiro atoms. The van der Waals surface area contributed by atoms with Crippen LogP contribution in [0, 0.1) is 12.8 Å². The first-order valence-electron chi connectivity index (χ1n) is 5.54. The summed E-state index contributed by atoms with van der Waals surface area (Å²) in [5, 5.41) is 14.8. The summed E-state index contributed by atoms with van der Waals surface area (Å²) in [4.78, 5) is 12.0. The molecule has 4 N–H and O–H groups in total. The smallest absolute Gasteiger partial charge is 0.235 e. The third kappa shape index (κ3) is 3.13. The Balaban J connectivity index is 2.90. The number of carbonyl (C=O) groups excluding carboxylic acids is 1. The van der Waals surface area contributed by atoms with Gasteiger partial charge in [-0.3, -0.25) is 4.79 Å². The van der Waals surface area contributed by atoms with Gasteiger partial charge in [-0.1, -0.05) is 29.7 Å². The average molecular weight is 270 g/mol. The van der Waals surface area contributed by atoms with Crippen molar-refractivity contribution in [3.05, 3.63) is 28.8 Å². The predicted molar refractivity (Wildman–Crippen MR) is 72.0 cm³/mol. The van der Waals surface area contributed by atoms with E-state index in [9.17, 15) is 4.79 Å². The van der Waals surface area contributed by atoms with Gasteiger partial charge in [0.25, 0.3) is 0 Å². The molecule has 6 heteroatoms. The molecule has 0 heterocycles. The Morgan fingerprint density at radius 1 is 1.61 bits per heavy atom. The van der Waals surface area contributed by atoms with Crippen LogP contribution in [0.2, 0.25) is 5.02 Å². The molecule has 0 aromatic heterocycles. The molecule has 0 saturated heterocycles.